The summed E-state index contributed by atoms with van der Waals surface area (Å²) in [4.78, 5) is 15.3. The van der Waals surface area contributed by atoms with E-state index in [1.165, 1.54) is 6.92 Å². The molecular weight excluding hydrogens is 438 g/mol. The number of fused-ring (bicyclic) bond motifs is 1. The second kappa shape index (κ2) is 7.17. The second-order valence-electron chi connectivity index (χ2n) is 11.9. The van der Waals surface area contributed by atoms with E-state index in [4.69, 9.17) is 28.4 Å². The van der Waals surface area contributed by atoms with E-state index in [1.807, 2.05) is 21.3 Å². The molecule has 5 saturated carbocycles. The van der Waals surface area contributed by atoms with Gasteiger partial charge in [0.15, 0.2) is 5.60 Å². The average molecular weight is 478 g/mol. The van der Waals surface area contributed by atoms with Crippen LogP contribution in [0.2, 0.25) is 0 Å². The number of esters is 1. The highest BCUT2D eigenvalue weighted by atomic mass is 16.7. The molecule has 0 radical (unpaired) electrons. The van der Waals surface area contributed by atoms with Gasteiger partial charge in [-0.3, -0.25) is 9.69 Å². The van der Waals surface area contributed by atoms with Gasteiger partial charge in [0.1, 0.15) is 18.5 Å². The van der Waals surface area contributed by atoms with Gasteiger partial charge in [-0.05, 0) is 37.6 Å². The SMILES string of the molecule is CCN1C[C@@H]2CCC(OC)[C@]34[C@@H]2[C@H](OC(C)=O)[C@]2(OCO[C@@]25C[C@H](OC)[C@H]2C[C@@H]3[C@@H]5[C@H]2OC)[C@@H]14. The lowest BCUT2D eigenvalue weighted by atomic mass is 9.45. The number of hydrogen-bond acceptors (Lipinski definition) is 8. The summed E-state index contributed by atoms with van der Waals surface area (Å²) in [5.41, 5.74) is -1.53. The van der Waals surface area contributed by atoms with Crippen LogP contribution in [-0.2, 0) is 33.2 Å². The van der Waals surface area contributed by atoms with Gasteiger partial charge in [-0.25, -0.2) is 0 Å². The van der Waals surface area contributed by atoms with E-state index < -0.39 is 11.2 Å². The first-order valence-electron chi connectivity index (χ1n) is 13.2. The molecule has 13 atom stereocenters. The largest absolute Gasteiger partial charge is 0.459 e. The monoisotopic (exact) mass is 477 g/mol. The summed E-state index contributed by atoms with van der Waals surface area (Å²) in [7, 11) is 5.52. The maximum atomic E-state index is 12.7. The van der Waals surface area contributed by atoms with Crippen LogP contribution in [0.15, 0.2) is 0 Å². The van der Waals surface area contributed by atoms with Gasteiger partial charge < -0.3 is 28.4 Å². The summed E-state index contributed by atoms with van der Waals surface area (Å²) < 4.78 is 38.9. The lowest BCUT2D eigenvalue weighted by Gasteiger charge is -2.67. The predicted octanol–water partition coefficient (Wildman–Crippen LogP) is 1.84. The maximum absolute atomic E-state index is 12.7. The standard InChI is InChI=1S/C26H39NO7/c1-6-27-11-14-7-8-18(30-4)25-16-9-15-17(29-3)10-24(20(16)21(15)31-5)26(23(25)27,33-12-32-24)22(19(14)25)34-13(2)28/h14-23H,6-12H2,1-5H3/t14-,15+,16+,17-,18?,19-,20+,21-,22-,23-,24+,25-,26-/m0/s1. The third-order valence-electron chi connectivity index (χ3n) is 11.6. The Kier molecular flexibility index (Phi) is 4.73. The van der Waals surface area contributed by atoms with Gasteiger partial charge >= 0.3 is 5.97 Å². The third-order valence-corrected chi connectivity index (χ3v) is 11.6. The topological polar surface area (TPSA) is 75.7 Å². The summed E-state index contributed by atoms with van der Waals surface area (Å²) in [5, 5.41) is 0. The molecule has 2 aliphatic heterocycles. The van der Waals surface area contributed by atoms with Crippen LogP contribution in [0.3, 0.4) is 0 Å². The number of hydrogen-bond donors (Lipinski definition) is 0. The van der Waals surface area contributed by atoms with Crippen LogP contribution in [0.1, 0.15) is 39.5 Å². The van der Waals surface area contributed by atoms with Gasteiger partial charge in [0, 0.05) is 64.4 Å². The molecule has 0 aromatic heterocycles. The Morgan fingerprint density at radius 2 is 1.91 bits per heavy atom. The Morgan fingerprint density at radius 3 is 2.59 bits per heavy atom. The zero-order valence-electron chi connectivity index (χ0n) is 21.0. The Hall–Kier alpha value is -0.770. The van der Waals surface area contributed by atoms with Crippen LogP contribution in [-0.4, -0.2) is 93.7 Å². The summed E-state index contributed by atoms with van der Waals surface area (Å²) in [6.07, 6.45) is 3.72. The Balaban J connectivity index is 1.55. The highest BCUT2D eigenvalue weighted by Crippen LogP contribution is 2.81. The van der Waals surface area contributed by atoms with E-state index in [-0.39, 0.29) is 60.5 Å². The molecule has 7 aliphatic rings. The van der Waals surface area contributed by atoms with Crippen LogP contribution >= 0.6 is 0 Å². The van der Waals surface area contributed by atoms with E-state index in [1.54, 1.807) is 0 Å². The summed E-state index contributed by atoms with van der Waals surface area (Å²) in [5.74, 6) is 1.25. The second-order valence-corrected chi connectivity index (χ2v) is 11.9. The van der Waals surface area contributed by atoms with Crippen molar-refractivity contribution in [1.82, 2.24) is 4.90 Å². The zero-order chi connectivity index (χ0) is 23.6. The molecule has 2 saturated heterocycles. The lowest BCUT2D eigenvalue weighted by Crippen LogP contribution is -2.80. The molecule has 34 heavy (non-hydrogen) atoms. The molecule has 7 rings (SSSR count). The van der Waals surface area contributed by atoms with Crippen LogP contribution in [0.4, 0.5) is 0 Å². The number of carbonyl (C=O) groups is 1. The van der Waals surface area contributed by atoms with E-state index in [2.05, 4.69) is 11.8 Å². The van der Waals surface area contributed by atoms with Crippen molar-refractivity contribution < 1.29 is 33.2 Å². The molecule has 5 aliphatic carbocycles. The first-order chi connectivity index (χ1) is 16.5. The Morgan fingerprint density at radius 1 is 1.09 bits per heavy atom. The van der Waals surface area contributed by atoms with Gasteiger partial charge in [0.2, 0.25) is 0 Å². The van der Waals surface area contributed by atoms with E-state index in [0.29, 0.717) is 17.8 Å². The quantitative estimate of drug-likeness (QED) is 0.556. The fourth-order valence-corrected chi connectivity index (χ4v) is 11.3. The number of likely N-dealkylation sites (N-methyl/N-ethyl adjacent to an activating group) is 1. The smallest absolute Gasteiger partial charge is 0.303 e. The lowest BCUT2D eigenvalue weighted by molar-refractivity contribution is -0.275. The summed E-state index contributed by atoms with van der Waals surface area (Å²) in [6.45, 7) is 5.96. The van der Waals surface area contributed by atoms with Crippen LogP contribution in [0.25, 0.3) is 0 Å². The molecule has 0 aromatic rings. The highest BCUT2D eigenvalue weighted by Gasteiger charge is 2.93. The highest BCUT2D eigenvalue weighted by molar-refractivity contribution is 5.67. The van der Waals surface area contributed by atoms with Gasteiger partial charge in [-0.1, -0.05) is 6.92 Å². The fourth-order valence-electron chi connectivity index (χ4n) is 11.3. The first kappa shape index (κ1) is 22.4. The maximum Gasteiger partial charge on any atom is 0.303 e. The number of carbonyl (C=O) groups excluding carboxylic acids is 1. The number of rotatable bonds is 5. The van der Waals surface area contributed by atoms with Crippen molar-refractivity contribution in [3.63, 3.8) is 0 Å². The molecule has 2 heterocycles. The number of likely N-dealkylation sites (tertiary alicyclic amines) is 1. The molecule has 3 spiro atoms. The van der Waals surface area contributed by atoms with Crippen molar-refractivity contribution in [3.05, 3.63) is 0 Å². The van der Waals surface area contributed by atoms with Crippen LogP contribution < -0.4 is 0 Å². The molecule has 7 bridgehead atoms. The van der Waals surface area contributed by atoms with E-state index in [0.717, 1.165) is 38.8 Å². The molecule has 190 valence electrons. The molecule has 7 fully saturated rings. The molecule has 0 aromatic carbocycles. The average Bonchev–Trinajstić information content (AvgIpc) is 3.40. The fraction of sp³-hybridized carbons (Fsp3) is 0.962. The molecule has 8 nitrogen and oxygen atoms in total. The minimum Gasteiger partial charge on any atom is -0.459 e. The zero-order valence-corrected chi connectivity index (χ0v) is 21.0. The predicted molar refractivity (Wildman–Crippen MR) is 120 cm³/mol. The normalized spacial score (nSPS) is 58.6. The minimum absolute atomic E-state index is 0.0221. The molecular formula is C26H39NO7. The molecule has 0 N–H and O–H groups in total. The van der Waals surface area contributed by atoms with Crippen molar-refractivity contribution >= 4 is 5.97 Å². The van der Waals surface area contributed by atoms with E-state index >= 15 is 0 Å². The van der Waals surface area contributed by atoms with Crippen molar-refractivity contribution in [1.29, 1.82) is 0 Å². The first-order valence-corrected chi connectivity index (χ1v) is 13.2. The van der Waals surface area contributed by atoms with Crippen LogP contribution in [0.5, 0.6) is 0 Å². The number of methoxy groups -OCH3 is 3. The van der Waals surface area contributed by atoms with Crippen LogP contribution in [0, 0.1) is 35.0 Å². The molecule has 8 heteroatoms. The third kappa shape index (κ3) is 2.11. The minimum atomic E-state index is -0.751. The Bertz CT molecular complexity index is 885. The van der Waals surface area contributed by atoms with Crippen molar-refractivity contribution in [2.24, 2.45) is 35.0 Å². The van der Waals surface area contributed by atoms with Crippen molar-refractivity contribution in [3.8, 4) is 0 Å². The van der Waals surface area contributed by atoms with Gasteiger partial charge in [-0.15, -0.1) is 0 Å². The van der Waals surface area contributed by atoms with Gasteiger partial charge in [0.05, 0.1) is 24.4 Å². The van der Waals surface area contributed by atoms with Crippen molar-refractivity contribution in [2.45, 2.75) is 81.2 Å². The summed E-state index contributed by atoms with van der Waals surface area (Å²) >= 11 is 0. The summed E-state index contributed by atoms with van der Waals surface area (Å²) in [6, 6.07) is 0.0801. The Labute approximate surface area is 201 Å². The molecule has 1 unspecified atom stereocenters. The van der Waals surface area contributed by atoms with E-state index in [9.17, 15) is 4.79 Å². The molecule has 0 amide bonds. The number of piperidine rings is 1. The number of nitrogens with zero attached hydrogens (tertiary/aromatic N) is 1. The van der Waals surface area contributed by atoms with Crippen molar-refractivity contribution in [2.75, 3.05) is 41.2 Å². The van der Waals surface area contributed by atoms with Gasteiger partial charge in [-0.2, -0.15) is 0 Å². The van der Waals surface area contributed by atoms with Gasteiger partial charge in [0.25, 0.3) is 0 Å². The number of ether oxygens (including phenoxy) is 6.